The summed E-state index contributed by atoms with van der Waals surface area (Å²) in [5, 5.41) is 8.71. The van der Waals surface area contributed by atoms with E-state index in [1.54, 1.807) is 0 Å². The number of carbonyl (C=O) groups is 1. The maximum absolute atomic E-state index is 14.5. The number of ether oxygens (including phenoxy) is 3. The van der Waals surface area contributed by atoms with Crippen molar-refractivity contribution >= 4 is 5.97 Å². The highest BCUT2D eigenvalue weighted by Gasteiger charge is 2.50. The second kappa shape index (κ2) is 8.60. The summed E-state index contributed by atoms with van der Waals surface area (Å²) in [4.78, 5) is 10.6. The third-order valence-electron chi connectivity index (χ3n) is 6.95. The lowest BCUT2D eigenvalue weighted by atomic mass is 9.62. The fourth-order valence-electron chi connectivity index (χ4n) is 4.69. The molecule has 0 unspecified atom stereocenters. The molecule has 31 heavy (non-hydrogen) atoms. The zero-order valence-corrected chi connectivity index (χ0v) is 18.1. The fourth-order valence-corrected chi connectivity index (χ4v) is 4.69. The van der Waals surface area contributed by atoms with Gasteiger partial charge in [-0.2, -0.15) is 0 Å². The molecule has 2 heterocycles. The Bertz CT molecular complexity index is 946. The van der Waals surface area contributed by atoms with E-state index in [-0.39, 0.29) is 29.2 Å². The molecule has 2 saturated heterocycles. The molecule has 3 fully saturated rings. The van der Waals surface area contributed by atoms with Crippen LogP contribution in [0.15, 0.2) is 36.4 Å². The van der Waals surface area contributed by atoms with Crippen molar-refractivity contribution in [1.29, 1.82) is 0 Å². The van der Waals surface area contributed by atoms with Crippen LogP contribution in [-0.2, 0) is 19.7 Å². The Morgan fingerprint density at radius 2 is 1.87 bits per heavy atom. The quantitative estimate of drug-likeness (QED) is 0.578. The van der Waals surface area contributed by atoms with E-state index >= 15 is 0 Å². The van der Waals surface area contributed by atoms with Gasteiger partial charge in [0.15, 0.2) is 11.6 Å². The first-order valence-electron chi connectivity index (χ1n) is 10.8. The molecule has 0 atom stereocenters. The van der Waals surface area contributed by atoms with E-state index in [9.17, 15) is 9.18 Å². The van der Waals surface area contributed by atoms with E-state index in [1.165, 1.54) is 11.6 Å². The molecule has 6 heteroatoms. The zero-order chi connectivity index (χ0) is 22.1. The zero-order valence-electron chi connectivity index (χ0n) is 18.1. The summed E-state index contributed by atoms with van der Waals surface area (Å²) in [6.45, 7) is 4.71. The normalized spacial score (nSPS) is 24.9. The highest BCUT2D eigenvalue weighted by Crippen LogP contribution is 2.52. The molecule has 3 aliphatic rings. The summed E-state index contributed by atoms with van der Waals surface area (Å²) in [6.07, 6.45) is 4.35. The Kier molecular flexibility index (Phi) is 6.04. The second-order valence-corrected chi connectivity index (χ2v) is 8.94. The first-order chi connectivity index (χ1) is 14.8. The van der Waals surface area contributed by atoms with Gasteiger partial charge in [-0.05, 0) is 86.9 Å². The number of aliphatic carboxylic acids is 1. The number of hydrogen-bond acceptors (Lipinski definition) is 4. The van der Waals surface area contributed by atoms with Crippen molar-refractivity contribution in [3.8, 4) is 11.5 Å². The van der Waals surface area contributed by atoms with Gasteiger partial charge in [-0.1, -0.05) is 12.1 Å². The highest BCUT2D eigenvalue weighted by atomic mass is 19.1. The molecule has 0 aromatic heterocycles. The maximum atomic E-state index is 14.5. The van der Waals surface area contributed by atoms with Crippen LogP contribution in [0.1, 0.15) is 48.8 Å². The standard InChI is InChI=1S/C25H29FO5/c1-17-3-5-20(13-18(17)2)31-22-14-19(4-6-21(22)26)24-7-9-25(10-8-24,30-16-24)11-12-29-15-23(27)28/h3-6,13-14H,7-12,15-16H2,1-2H3,(H,27,28). The third-order valence-corrected chi connectivity index (χ3v) is 6.95. The van der Waals surface area contributed by atoms with Gasteiger partial charge in [0.2, 0.25) is 0 Å². The number of hydrogen-bond donors (Lipinski definition) is 1. The van der Waals surface area contributed by atoms with Crippen LogP contribution in [0, 0.1) is 19.7 Å². The van der Waals surface area contributed by atoms with Crippen molar-refractivity contribution < 1.29 is 28.5 Å². The molecule has 1 aliphatic carbocycles. The molecule has 2 aliphatic heterocycles. The molecular formula is C25H29FO5. The van der Waals surface area contributed by atoms with Gasteiger partial charge in [0.05, 0.1) is 18.8 Å². The minimum atomic E-state index is -0.958. The van der Waals surface area contributed by atoms with Gasteiger partial charge in [-0.25, -0.2) is 9.18 Å². The lowest BCUT2D eigenvalue weighted by Gasteiger charge is -2.53. The van der Waals surface area contributed by atoms with Crippen molar-refractivity contribution in [3.63, 3.8) is 0 Å². The van der Waals surface area contributed by atoms with E-state index in [0.29, 0.717) is 25.4 Å². The lowest BCUT2D eigenvalue weighted by molar-refractivity contribution is -0.168. The first-order valence-corrected chi connectivity index (χ1v) is 10.8. The average Bonchev–Trinajstić information content (AvgIpc) is 2.76. The van der Waals surface area contributed by atoms with Crippen molar-refractivity contribution in [2.75, 3.05) is 19.8 Å². The van der Waals surface area contributed by atoms with Gasteiger partial charge in [-0.15, -0.1) is 0 Å². The van der Waals surface area contributed by atoms with Crippen LogP contribution < -0.4 is 4.74 Å². The molecule has 0 spiro atoms. The van der Waals surface area contributed by atoms with Gasteiger partial charge in [0.1, 0.15) is 12.4 Å². The van der Waals surface area contributed by atoms with Gasteiger partial charge >= 0.3 is 5.97 Å². The van der Waals surface area contributed by atoms with Crippen LogP contribution in [0.5, 0.6) is 11.5 Å². The summed E-state index contributed by atoms with van der Waals surface area (Å²) < 4.78 is 31.9. The van der Waals surface area contributed by atoms with Crippen molar-refractivity contribution in [1.82, 2.24) is 0 Å². The van der Waals surface area contributed by atoms with Crippen LogP contribution in [0.3, 0.4) is 0 Å². The Hall–Kier alpha value is -2.44. The molecule has 166 valence electrons. The molecule has 5 nitrogen and oxygen atoms in total. The lowest BCUT2D eigenvalue weighted by Crippen LogP contribution is -2.53. The molecule has 2 aromatic carbocycles. The van der Waals surface area contributed by atoms with Gasteiger partial charge < -0.3 is 19.3 Å². The second-order valence-electron chi connectivity index (χ2n) is 8.94. The molecule has 5 rings (SSSR count). The van der Waals surface area contributed by atoms with Crippen LogP contribution in [-0.4, -0.2) is 36.5 Å². The van der Waals surface area contributed by atoms with Crippen LogP contribution in [0.2, 0.25) is 0 Å². The minimum Gasteiger partial charge on any atom is -0.480 e. The largest absolute Gasteiger partial charge is 0.480 e. The summed E-state index contributed by atoms with van der Waals surface area (Å²) in [6, 6.07) is 10.9. The van der Waals surface area contributed by atoms with Crippen molar-refractivity contribution in [2.45, 2.75) is 57.0 Å². The molecular weight excluding hydrogens is 399 g/mol. The number of aryl methyl sites for hydroxylation is 2. The maximum Gasteiger partial charge on any atom is 0.329 e. The number of carboxylic acid groups (broad SMARTS) is 1. The predicted octanol–water partition coefficient (Wildman–Crippen LogP) is 5.31. The highest BCUT2D eigenvalue weighted by molar-refractivity contribution is 5.67. The number of rotatable bonds is 8. The van der Waals surface area contributed by atoms with Crippen molar-refractivity contribution in [2.24, 2.45) is 0 Å². The average molecular weight is 429 g/mol. The Labute approximate surface area is 182 Å². The number of fused-ring (bicyclic) bond motifs is 3. The van der Waals surface area contributed by atoms with Gasteiger partial charge in [0, 0.05) is 5.41 Å². The molecule has 1 saturated carbocycles. The first kappa shape index (κ1) is 21.8. The van der Waals surface area contributed by atoms with Crippen LogP contribution in [0.25, 0.3) is 0 Å². The van der Waals surface area contributed by atoms with E-state index in [2.05, 4.69) is 0 Å². The van der Waals surface area contributed by atoms with E-state index in [0.717, 1.165) is 36.8 Å². The van der Waals surface area contributed by atoms with E-state index in [1.807, 2.05) is 44.2 Å². The molecule has 0 amide bonds. The third kappa shape index (κ3) is 4.60. The molecule has 2 aromatic rings. The van der Waals surface area contributed by atoms with Crippen LogP contribution in [0.4, 0.5) is 4.39 Å². The summed E-state index contributed by atoms with van der Waals surface area (Å²) >= 11 is 0. The monoisotopic (exact) mass is 428 g/mol. The Morgan fingerprint density at radius 3 is 2.52 bits per heavy atom. The van der Waals surface area contributed by atoms with E-state index < -0.39 is 5.97 Å². The molecule has 2 bridgehead atoms. The summed E-state index contributed by atoms with van der Waals surface area (Å²) in [5.41, 5.74) is 2.93. The number of carboxylic acids is 1. The summed E-state index contributed by atoms with van der Waals surface area (Å²) in [5.74, 6) is -0.476. The SMILES string of the molecule is Cc1ccc(Oc2cc(C34CCC(CCOCC(=O)O)(CC3)OC4)ccc2F)cc1C. The van der Waals surface area contributed by atoms with Crippen molar-refractivity contribution in [3.05, 3.63) is 58.9 Å². The number of benzene rings is 2. The number of halogens is 1. The Balaban J connectivity index is 1.45. The fraction of sp³-hybridized carbons (Fsp3) is 0.480. The predicted molar refractivity (Wildman–Crippen MR) is 114 cm³/mol. The molecule has 0 radical (unpaired) electrons. The summed E-state index contributed by atoms with van der Waals surface area (Å²) in [7, 11) is 0. The Morgan fingerprint density at radius 1 is 1.10 bits per heavy atom. The van der Waals surface area contributed by atoms with Gasteiger partial charge in [-0.3, -0.25) is 0 Å². The van der Waals surface area contributed by atoms with Crippen LogP contribution >= 0.6 is 0 Å². The van der Waals surface area contributed by atoms with E-state index in [4.69, 9.17) is 19.3 Å². The van der Waals surface area contributed by atoms with Gasteiger partial charge in [0.25, 0.3) is 0 Å². The molecule has 1 N–H and O–H groups in total. The smallest absolute Gasteiger partial charge is 0.329 e. The minimum absolute atomic E-state index is 0.140. The topological polar surface area (TPSA) is 65.0 Å².